The minimum atomic E-state index is -0.453. The summed E-state index contributed by atoms with van der Waals surface area (Å²) < 4.78 is 5.24. The number of carbonyl (C=O) groups excluding carboxylic acids is 1. The number of rotatable bonds is 4. The molecule has 3 aromatic heterocycles. The maximum Gasteiger partial charge on any atom is 0.261 e. The molecule has 0 aliphatic rings. The fraction of sp³-hybridized carbons (Fsp3) is 0.235. The van der Waals surface area contributed by atoms with Gasteiger partial charge in [0.1, 0.15) is 11.3 Å². The van der Waals surface area contributed by atoms with Crippen LogP contribution in [0.15, 0.2) is 39.7 Å². The molecule has 3 aromatic rings. The van der Waals surface area contributed by atoms with Gasteiger partial charge < -0.3 is 14.7 Å². The summed E-state index contributed by atoms with van der Waals surface area (Å²) in [5.41, 5.74) is 1.04. The van der Waals surface area contributed by atoms with Gasteiger partial charge in [-0.1, -0.05) is 0 Å². The van der Waals surface area contributed by atoms with E-state index in [0.29, 0.717) is 11.5 Å². The van der Waals surface area contributed by atoms with E-state index < -0.39 is 11.5 Å². The van der Waals surface area contributed by atoms with Crippen molar-refractivity contribution >= 4 is 17.2 Å². The van der Waals surface area contributed by atoms with Gasteiger partial charge in [-0.2, -0.15) is 0 Å². The molecular weight excluding hydrogens is 326 g/mol. The van der Waals surface area contributed by atoms with Crippen molar-refractivity contribution in [3.63, 3.8) is 0 Å². The highest BCUT2D eigenvalue weighted by molar-refractivity contribution is 7.11. The number of hydrogen-bond donors (Lipinski definition) is 2. The molecule has 0 radical (unpaired) electrons. The second kappa shape index (κ2) is 6.45. The Hall–Kier alpha value is -2.67. The van der Waals surface area contributed by atoms with Gasteiger partial charge >= 0.3 is 0 Å². The van der Waals surface area contributed by atoms with Crippen molar-refractivity contribution in [1.29, 1.82) is 0 Å². The normalized spacial score (nSPS) is 12.1. The number of carbonyl (C=O) groups is 1. The van der Waals surface area contributed by atoms with Crippen molar-refractivity contribution in [1.82, 2.24) is 15.3 Å². The van der Waals surface area contributed by atoms with E-state index in [1.165, 1.54) is 12.3 Å². The van der Waals surface area contributed by atoms with E-state index in [1.54, 1.807) is 29.5 Å². The Bertz CT molecular complexity index is 925. The van der Waals surface area contributed by atoms with Gasteiger partial charge in [0.05, 0.1) is 28.7 Å². The third-order valence-corrected chi connectivity index (χ3v) is 4.88. The number of furan rings is 1. The number of aromatic nitrogens is 2. The molecule has 3 rings (SSSR count). The van der Waals surface area contributed by atoms with Crippen LogP contribution in [0.25, 0.3) is 11.5 Å². The Kier molecular flexibility index (Phi) is 4.35. The standard InChI is InChI=1S/C17H17N3O3S/c1-9-15(24-11(3)18-9)10(2)19-16(21)12-6-7-13(20-17(12)22)14-5-4-8-23-14/h4-8,10H,1-3H3,(H,19,21)(H,20,22)/t10-/m0/s1. The zero-order chi connectivity index (χ0) is 17.3. The molecule has 0 saturated carbocycles. The molecular formula is C17H17N3O3S. The first-order valence-electron chi connectivity index (χ1n) is 7.47. The van der Waals surface area contributed by atoms with E-state index in [4.69, 9.17) is 4.42 Å². The lowest BCUT2D eigenvalue weighted by Gasteiger charge is -2.12. The quantitative estimate of drug-likeness (QED) is 0.761. The molecule has 0 aliphatic carbocycles. The smallest absolute Gasteiger partial charge is 0.261 e. The van der Waals surface area contributed by atoms with Crippen LogP contribution >= 0.6 is 11.3 Å². The number of amides is 1. The van der Waals surface area contributed by atoms with Crippen molar-refractivity contribution < 1.29 is 9.21 Å². The average Bonchev–Trinajstić information content (AvgIpc) is 3.16. The van der Waals surface area contributed by atoms with E-state index in [2.05, 4.69) is 15.3 Å². The predicted octanol–water partition coefficient (Wildman–Crippen LogP) is 3.20. The van der Waals surface area contributed by atoms with Crippen LogP contribution in [-0.2, 0) is 0 Å². The van der Waals surface area contributed by atoms with Gasteiger partial charge in [0.2, 0.25) is 0 Å². The van der Waals surface area contributed by atoms with Crippen molar-refractivity contribution in [2.75, 3.05) is 0 Å². The Morgan fingerprint density at radius 3 is 2.71 bits per heavy atom. The molecule has 2 N–H and O–H groups in total. The van der Waals surface area contributed by atoms with Crippen molar-refractivity contribution in [3.8, 4) is 11.5 Å². The summed E-state index contributed by atoms with van der Waals surface area (Å²) in [7, 11) is 0. The van der Waals surface area contributed by atoms with E-state index in [9.17, 15) is 9.59 Å². The zero-order valence-electron chi connectivity index (χ0n) is 13.5. The van der Waals surface area contributed by atoms with E-state index in [0.717, 1.165) is 15.6 Å². The van der Waals surface area contributed by atoms with Crippen LogP contribution in [-0.4, -0.2) is 15.9 Å². The first-order valence-corrected chi connectivity index (χ1v) is 8.29. The number of nitrogens with one attached hydrogen (secondary N) is 2. The molecule has 0 aliphatic heterocycles. The topological polar surface area (TPSA) is 88.0 Å². The maximum absolute atomic E-state index is 12.4. The van der Waals surface area contributed by atoms with Gasteiger partial charge in [-0.05, 0) is 45.0 Å². The highest BCUT2D eigenvalue weighted by Crippen LogP contribution is 2.24. The summed E-state index contributed by atoms with van der Waals surface area (Å²) >= 11 is 1.54. The van der Waals surface area contributed by atoms with Gasteiger partial charge in [0, 0.05) is 4.88 Å². The summed E-state index contributed by atoms with van der Waals surface area (Å²) in [5.74, 6) is 0.128. The monoisotopic (exact) mass is 343 g/mol. The molecule has 3 heterocycles. The molecule has 0 bridgehead atoms. The van der Waals surface area contributed by atoms with E-state index in [1.807, 2.05) is 20.8 Å². The van der Waals surface area contributed by atoms with Crippen LogP contribution < -0.4 is 10.9 Å². The van der Waals surface area contributed by atoms with Crippen LogP contribution in [0.3, 0.4) is 0 Å². The Balaban J connectivity index is 1.80. The zero-order valence-corrected chi connectivity index (χ0v) is 14.4. The molecule has 6 nitrogen and oxygen atoms in total. The summed E-state index contributed by atoms with van der Waals surface area (Å²) in [4.78, 5) is 32.6. The van der Waals surface area contributed by atoms with Crippen LogP contribution in [0.4, 0.5) is 0 Å². The lowest BCUT2D eigenvalue weighted by atomic mass is 10.2. The van der Waals surface area contributed by atoms with E-state index >= 15 is 0 Å². The molecule has 0 unspecified atom stereocenters. The second-order valence-electron chi connectivity index (χ2n) is 5.47. The van der Waals surface area contributed by atoms with Gasteiger partial charge in [0.25, 0.3) is 11.5 Å². The fourth-order valence-electron chi connectivity index (χ4n) is 2.52. The van der Waals surface area contributed by atoms with Gasteiger partial charge in [-0.15, -0.1) is 11.3 Å². The predicted molar refractivity (Wildman–Crippen MR) is 92.2 cm³/mol. The Morgan fingerprint density at radius 1 is 1.33 bits per heavy atom. The van der Waals surface area contributed by atoms with Gasteiger partial charge in [0.15, 0.2) is 0 Å². The molecule has 1 atom stereocenters. The summed E-state index contributed by atoms with van der Waals surface area (Å²) in [5, 5.41) is 3.80. The van der Waals surface area contributed by atoms with Crippen LogP contribution in [0.1, 0.15) is 38.9 Å². The largest absolute Gasteiger partial charge is 0.463 e. The Labute approximate surface area is 142 Å². The molecule has 0 aromatic carbocycles. The second-order valence-corrected chi connectivity index (χ2v) is 6.70. The number of pyridine rings is 1. The SMILES string of the molecule is Cc1nc(C)c([C@H](C)NC(=O)c2ccc(-c3ccco3)[nH]c2=O)s1. The molecule has 24 heavy (non-hydrogen) atoms. The maximum atomic E-state index is 12.4. The number of hydrogen-bond acceptors (Lipinski definition) is 5. The van der Waals surface area contributed by atoms with Crippen LogP contribution in [0.5, 0.6) is 0 Å². The minimum Gasteiger partial charge on any atom is -0.463 e. The van der Waals surface area contributed by atoms with Gasteiger partial charge in [-0.3, -0.25) is 9.59 Å². The lowest BCUT2D eigenvalue weighted by molar-refractivity contribution is 0.0939. The first kappa shape index (κ1) is 16.2. The number of aryl methyl sites for hydroxylation is 2. The molecule has 124 valence electrons. The van der Waals surface area contributed by atoms with Crippen molar-refractivity contribution in [3.05, 3.63) is 62.0 Å². The van der Waals surface area contributed by atoms with Gasteiger partial charge in [-0.25, -0.2) is 4.98 Å². The third-order valence-electron chi connectivity index (χ3n) is 3.62. The van der Waals surface area contributed by atoms with Crippen LogP contribution in [0.2, 0.25) is 0 Å². The molecule has 1 amide bonds. The summed E-state index contributed by atoms with van der Waals surface area (Å²) in [6.07, 6.45) is 1.52. The minimum absolute atomic E-state index is 0.0658. The number of aromatic amines is 1. The Morgan fingerprint density at radius 2 is 2.12 bits per heavy atom. The molecule has 0 spiro atoms. The summed E-state index contributed by atoms with van der Waals surface area (Å²) in [6.45, 7) is 5.71. The lowest BCUT2D eigenvalue weighted by Crippen LogP contribution is -2.31. The first-order chi connectivity index (χ1) is 11.5. The summed E-state index contributed by atoms with van der Waals surface area (Å²) in [6, 6.07) is 6.41. The number of H-pyrrole nitrogens is 1. The fourth-order valence-corrected chi connectivity index (χ4v) is 3.45. The number of thiazole rings is 1. The molecule has 7 heteroatoms. The van der Waals surface area contributed by atoms with E-state index in [-0.39, 0.29) is 11.6 Å². The number of nitrogens with zero attached hydrogens (tertiary/aromatic N) is 1. The molecule has 0 fully saturated rings. The molecule has 0 saturated heterocycles. The highest BCUT2D eigenvalue weighted by atomic mass is 32.1. The van der Waals surface area contributed by atoms with Crippen LogP contribution in [0, 0.1) is 13.8 Å². The van der Waals surface area contributed by atoms with Crippen molar-refractivity contribution in [2.24, 2.45) is 0 Å². The third kappa shape index (κ3) is 3.16. The average molecular weight is 343 g/mol. The highest BCUT2D eigenvalue weighted by Gasteiger charge is 2.18. The van der Waals surface area contributed by atoms with Crippen molar-refractivity contribution in [2.45, 2.75) is 26.8 Å².